The molecule has 0 fully saturated rings. The van der Waals surface area contributed by atoms with E-state index in [1.165, 1.54) is 0 Å². The van der Waals surface area contributed by atoms with Gasteiger partial charge < -0.3 is 9.84 Å². The third-order valence-electron chi connectivity index (χ3n) is 2.29. The number of hydrogen-bond donors (Lipinski definition) is 1. The third-order valence-corrected chi connectivity index (χ3v) is 2.29. The van der Waals surface area contributed by atoms with Crippen molar-refractivity contribution < 1.29 is 9.84 Å². The molecule has 0 bridgehead atoms. The Labute approximate surface area is 85.5 Å². The molecule has 1 aromatic rings. The molecule has 0 amide bonds. The number of hydrogen-bond acceptors (Lipinski definition) is 2. The van der Waals surface area contributed by atoms with Crippen LogP contribution >= 0.6 is 0 Å². The molecule has 0 heterocycles. The van der Waals surface area contributed by atoms with E-state index in [-0.39, 0.29) is 12.0 Å². The summed E-state index contributed by atoms with van der Waals surface area (Å²) in [5, 5.41) is 9.18. The average Bonchev–Trinajstić information content (AvgIpc) is 2.18. The van der Waals surface area contributed by atoms with Crippen LogP contribution < -0.4 is 4.74 Å². The number of ether oxygens (including phenoxy) is 1. The zero-order valence-electron chi connectivity index (χ0n) is 9.08. The van der Waals surface area contributed by atoms with Crippen LogP contribution in [-0.2, 0) is 6.42 Å². The third kappa shape index (κ3) is 2.74. The van der Waals surface area contributed by atoms with Crippen molar-refractivity contribution in [2.45, 2.75) is 20.3 Å². The zero-order chi connectivity index (χ0) is 10.6. The van der Waals surface area contributed by atoms with E-state index >= 15 is 0 Å². The van der Waals surface area contributed by atoms with E-state index in [0.29, 0.717) is 0 Å². The highest BCUT2D eigenvalue weighted by atomic mass is 16.5. The van der Waals surface area contributed by atoms with Crippen LogP contribution in [-0.4, -0.2) is 18.8 Å². The average molecular weight is 194 g/mol. The fourth-order valence-corrected chi connectivity index (χ4v) is 1.42. The number of rotatable bonds is 4. The topological polar surface area (TPSA) is 29.5 Å². The minimum absolute atomic E-state index is 0.0887. The van der Waals surface area contributed by atoms with E-state index < -0.39 is 0 Å². The van der Waals surface area contributed by atoms with Crippen LogP contribution in [0.2, 0.25) is 0 Å². The van der Waals surface area contributed by atoms with Crippen LogP contribution in [0.3, 0.4) is 0 Å². The van der Waals surface area contributed by atoms with Gasteiger partial charge in [-0.25, -0.2) is 0 Å². The van der Waals surface area contributed by atoms with Crippen molar-refractivity contribution in [2.75, 3.05) is 13.7 Å². The van der Waals surface area contributed by atoms with Crippen LogP contribution in [0.5, 0.6) is 5.75 Å². The van der Waals surface area contributed by atoms with E-state index in [1.807, 2.05) is 38.1 Å². The minimum Gasteiger partial charge on any atom is -0.496 e. The van der Waals surface area contributed by atoms with Crippen molar-refractivity contribution >= 4 is 0 Å². The van der Waals surface area contributed by atoms with Crippen molar-refractivity contribution in [3.8, 4) is 5.75 Å². The molecule has 2 heteroatoms. The van der Waals surface area contributed by atoms with Gasteiger partial charge in [0.1, 0.15) is 5.75 Å². The minimum atomic E-state index is -0.0887. The van der Waals surface area contributed by atoms with Gasteiger partial charge in [-0.2, -0.15) is 0 Å². The zero-order valence-corrected chi connectivity index (χ0v) is 9.08. The van der Waals surface area contributed by atoms with Gasteiger partial charge in [-0.1, -0.05) is 32.0 Å². The fourth-order valence-electron chi connectivity index (χ4n) is 1.42. The van der Waals surface area contributed by atoms with Crippen molar-refractivity contribution in [3.63, 3.8) is 0 Å². The Balaban J connectivity index is 2.85. The summed E-state index contributed by atoms with van der Waals surface area (Å²) >= 11 is 0. The maximum atomic E-state index is 9.18. The van der Waals surface area contributed by atoms with Gasteiger partial charge in [0.2, 0.25) is 0 Å². The second-order valence-electron chi connectivity index (χ2n) is 4.31. The van der Waals surface area contributed by atoms with Gasteiger partial charge in [0, 0.05) is 6.61 Å². The fraction of sp³-hybridized carbons (Fsp3) is 0.500. The molecule has 0 radical (unpaired) electrons. The predicted molar refractivity (Wildman–Crippen MR) is 57.6 cm³/mol. The molecule has 1 aromatic carbocycles. The Morgan fingerprint density at radius 3 is 2.50 bits per heavy atom. The molecule has 0 aliphatic rings. The summed E-state index contributed by atoms with van der Waals surface area (Å²) in [6.45, 7) is 4.27. The number of methoxy groups -OCH3 is 1. The Bertz CT molecular complexity index is 292. The number of benzene rings is 1. The van der Waals surface area contributed by atoms with E-state index in [0.717, 1.165) is 17.7 Å². The lowest BCUT2D eigenvalue weighted by atomic mass is 9.86. The SMILES string of the molecule is COc1ccccc1CC(C)(C)CO. The molecule has 0 unspecified atom stereocenters. The lowest BCUT2D eigenvalue weighted by molar-refractivity contribution is 0.159. The molecule has 2 nitrogen and oxygen atoms in total. The molecular weight excluding hydrogens is 176 g/mol. The molecule has 0 atom stereocenters. The lowest BCUT2D eigenvalue weighted by Crippen LogP contribution is -2.20. The molecule has 1 rings (SSSR count). The molecular formula is C12H18O2. The maximum absolute atomic E-state index is 9.18. The highest BCUT2D eigenvalue weighted by Crippen LogP contribution is 2.26. The van der Waals surface area contributed by atoms with Crippen molar-refractivity contribution in [3.05, 3.63) is 29.8 Å². The first-order valence-corrected chi connectivity index (χ1v) is 4.82. The molecule has 0 saturated heterocycles. The number of aliphatic hydroxyl groups is 1. The molecule has 0 aliphatic heterocycles. The van der Waals surface area contributed by atoms with Crippen molar-refractivity contribution in [1.82, 2.24) is 0 Å². The molecule has 1 N–H and O–H groups in total. The second kappa shape index (κ2) is 4.47. The Kier molecular flexibility index (Phi) is 3.53. The maximum Gasteiger partial charge on any atom is 0.122 e. The van der Waals surface area contributed by atoms with Crippen LogP contribution in [0, 0.1) is 5.41 Å². The highest BCUT2D eigenvalue weighted by Gasteiger charge is 2.18. The molecule has 0 saturated carbocycles. The standard InChI is InChI=1S/C12H18O2/c1-12(2,9-13)8-10-6-4-5-7-11(10)14-3/h4-7,13H,8-9H2,1-3H3. The summed E-state index contributed by atoms with van der Waals surface area (Å²) in [6.07, 6.45) is 0.827. The summed E-state index contributed by atoms with van der Waals surface area (Å²) in [5.41, 5.74) is 1.06. The van der Waals surface area contributed by atoms with Gasteiger partial charge in [-0.3, -0.25) is 0 Å². The van der Waals surface area contributed by atoms with Crippen LogP contribution in [0.4, 0.5) is 0 Å². The lowest BCUT2D eigenvalue weighted by Gasteiger charge is -2.22. The quantitative estimate of drug-likeness (QED) is 0.796. The molecule has 0 aliphatic carbocycles. The number of aliphatic hydroxyl groups excluding tert-OH is 1. The van der Waals surface area contributed by atoms with Crippen molar-refractivity contribution in [1.29, 1.82) is 0 Å². The molecule has 14 heavy (non-hydrogen) atoms. The largest absolute Gasteiger partial charge is 0.496 e. The van der Waals surface area contributed by atoms with Gasteiger partial charge in [0.05, 0.1) is 7.11 Å². The van der Waals surface area contributed by atoms with Gasteiger partial charge in [0.15, 0.2) is 0 Å². The van der Waals surface area contributed by atoms with E-state index in [1.54, 1.807) is 7.11 Å². The van der Waals surface area contributed by atoms with Crippen LogP contribution in [0.15, 0.2) is 24.3 Å². The van der Waals surface area contributed by atoms with Gasteiger partial charge in [-0.05, 0) is 23.5 Å². The first kappa shape index (κ1) is 11.1. The predicted octanol–water partition coefficient (Wildman–Crippen LogP) is 2.26. The molecule has 0 spiro atoms. The smallest absolute Gasteiger partial charge is 0.122 e. The summed E-state index contributed by atoms with van der Waals surface area (Å²) in [7, 11) is 1.67. The normalized spacial score (nSPS) is 11.4. The summed E-state index contributed by atoms with van der Waals surface area (Å²) < 4.78 is 5.25. The van der Waals surface area contributed by atoms with Gasteiger partial charge >= 0.3 is 0 Å². The first-order valence-electron chi connectivity index (χ1n) is 4.82. The second-order valence-corrected chi connectivity index (χ2v) is 4.31. The number of para-hydroxylation sites is 1. The van der Waals surface area contributed by atoms with Gasteiger partial charge in [-0.15, -0.1) is 0 Å². The summed E-state index contributed by atoms with van der Waals surface area (Å²) in [5.74, 6) is 0.897. The Morgan fingerprint density at radius 1 is 1.29 bits per heavy atom. The van der Waals surface area contributed by atoms with Crippen molar-refractivity contribution in [2.24, 2.45) is 5.41 Å². The van der Waals surface area contributed by atoms with E-state index in [2.05, 4.69) is 0 Å². The Morgan fingerprint density at radius 2 is 1.93 bits per heavy atom. The first-order chi connectivity index (χ1) is 6.59. The summed E-state index contributed by atoms with van der Waals surface area (Å²) in [6, 6.07) is 7.93. The van der Waals surface area contributed by atoms with Crippen LogP contribution in [0.25, 0.3) is 0 Å². The monoisotopic (exact) mass is 194 g/mol. The van der Waals surface area contributed by atoms with Crippen LogP contribution in [0.1, 0.15) is 19.4 Å². The van der Waals surface area contributed by atoms with E-state index in [4.69, 9.17) is 4.74 Å². The highest BCUT2D eigenvalue weighted by molar-refractivity contribution is 5.33. The van der Waals surface area contributed by atoms with Gasteiger partial charge in [0.25, 0.3) is 0 Å². The summed E-state index contributed by atoms with van der Waals surface area (Å²) in [4.78, 5) is 0. The van der Waals surface area contributed by atoms with E-state index in [9.17, 15) is 5.11 Å². The molecule has 78 valence electrons. The Hall–Kier alpha value is -1.02. The molecule has 0 aromatic heterocycles.